The molecule has 0 saturated heterocycles. The number of rotatable bonds is 3. The second-order valence-electron chi connectivity index (χ2n) is 8.94. The van der Waals surface area contributed by atoms with Gasteiger partial charge in [0.1, 0.15) is 17.5 Å². The van der Waals surface area contributed by atoms with E-state index in [0.717, 1.165) is 24.2 Å². The summed E-state index contributed by atoms with van der Waals surface area (Å²) in [6.07, 6.45) is 2.09. The van der Waals surface area contributed by atoms with Crippen molar-refractivity contribution in [3.05, 3.63) is 65.2 Å². The number of carbonyl (C=O) groups is 2. The van der Waals surface area contributed by atoms with Gasteiger partial charge >= 0.3 is 11.9 Å². The fraction of sp³-hybridized carbons (Fsp3) is 0.440. The molecule has 5 nitrogen and oxygen atoms in total. The molecule has 1 aliphatic heterocycles. The molecule has 2 aromatic rings. The molecule has 1 fully saturated rings. The van der Waals surface area contributed by atoms with Gasteiger partial charge in [-0.1, -0.05) is 39.0 Å². The maximum absolute atomic E-state index is 12.7. The van der Waals surface area contributed by atoms with Gasteiger partial charge in [-0.15, -0.1) is 0 Å². The van der Waals surface area contributed by atoms with E-state index in [4.69, 9.17) is 14.2 Å². The molecule has 3 atom stereocenters. The topological polar surface area (TPSA) is 61.8 Å². The van der Waals surface area contributed by atoms with Crippen molar-refractivity contribution in [2.75, 3.05) is 7.11 Å². The average molecular weight is 408 g/mol. The summed E-state index contributed by atoms with van der Waals surface area (Å²) in [5.74, 6) is 0.400. The van der Waals surface area contributed by atoms with Crippen LogP contribution in [-0.4, -0.2) is 30.8 Å². The lowest BCUT2D eigenvalue weighted by atomic mass is 9.58. The number of hydrogen-bond donors (Lipinski definition) is 0. The number of carbonyl (C=O) groups excluding carboxylic acids is 2. The van der Waals surface area contributed by atoms with Crippen molar-refractivity contribution in [2.45, 2.75) is 51.7 Å². The SMILES string of the molecule is COC(=O)c1ccc2c(c1)C[C@@]1(O2)[C@@H](C)CC[C@@H](OC(=O)c2ccccc2)C1(C)C. The van der Waals surface area contributed by atoms with Crippen molar-refractivity contribution in [1.29, 1.82) is 0 Å². The molecule has 1 aliphatic carbocycles. The lowest BCUT2D eigenvalue weighted by Crippen LogP contribution is -2.62. The van der Waals surface area contributed by atoms with E-state index in [1.54, 1.807) is 18.2 Å². The van der Waals surface area contributed by atoms with E-state index >= 15 is 0 Å². The minimum atomic E-state index is -0.510. The lowest BCUT2D eigenvalue weighted by Gasteiger charge is -2.54. The van der Waals surface area contributed by atoms with Crippen LogP contribution in [0, 0.1) is 11.3 Å². The summed E-state index contributed by atoms with van der Waals surface area (Å²) in [5.41, 5.74) is 1.14. The molecule has 2 aromatic carbocycles. The molecular formula is C25H28O5. The Labute approximate surface area is 177 Å². The van der Waals surface area contributed by atoms with Crippen LogP contribution in [0.25, 0.3) is 0 Å². The second kappa shape index (κ2) is 7.46. The fourth-order valence-corrected chi connectivity index (χ4v) is 5.09. The number of benzene rings is 2. The Balaban J connectivity index is 1.62. The van der Waals surface area contributed by atoms with Crippen molar-refractivity contribution in [1.82, 2.24) is 0 Å². The highest BCUT2D eigenvalue weighted by atomic mass is 16.6. The minimum absolute atomic E-state index is 0.268. The fourth-order valence-electron chi connectivity index (χ4n) is 5.09. The second-order valence-corrected chi connectivity index (χ2v) is 8.94. The van der Waals surface area contributed by atoms with Crippen LogP contribution in [0.1, 0.15) is 59.9 Å². The molecule has 5 heteroatoms. The Hall–Kier alpha value is -2.82. The average Bonchev–Trinajstić information content (AvgIpc) is 3.15. The van der Waals surface area contributed by atoms with Crippen LogP contribution in [0.2, 0.25) is 0 Å². The van der Waals surface area contributed by atoms with E-state index in [9.17, 15) is 9.59 Å². The zero-order valence-corrected chi connectivity index (χ0v) is 17.9. The summed E-state index contributed by atoms with van der Waals surface area (Å²) in [6, 6.07) is 14.5. The van der Waals surface area contributed by atoms with E-state index in [0.29, 0.717) is 17.5 Å². The van der Waals surface area contributed by atoms with Gasteiger partial charge in [0, 0.05) is 11.8 Å². The summed E-state index contributed by atoms with van der Waals surface area (Å²) in [6.45, 7) is 6.45. The predicted octanol–water partition coefficient (Wildman–Crippen LogP) is 4.83. The van der Waals surface area contributed by atoms with E-state index in [2.05, 4.69) is 20.8 Å². The van der Waals surface area contributed by atoms with E-state index < -0.39 is 11.0 Å². The molecule has 158 valence electrons. The summed E-state index contributed by atoms with van der Waals surface area (Å²) in [5, 5.41) is 0. The third-order valence-electron chi connectivity index (χ3n) is 7.04. The highest BCUT2D eigenvalue weighted by Gasteiger charge is 2.61. The number of methoxy groups -OCH3 is 1. The molecule has 30 heavy (non-hydrogen) atoms. The highest BCUT2D eigenvalue weighted by molar-refractivity contribution is 5.90. The van der Waals surface area contributed by atoms with Crippen molar-refractivity contribution in [3.8, 4) is 5.75 Å². The molecule has 0 amide bonds. The Morgan fingerprint density at radius 2 is 1.73 bits per heavy atom. The normalized spacial score (nSPS) is 26.5. The Kier molecular flexibility index (Phi) is 5.08. The molecule has 0 bridgehead atoms. The van der Waals surface area contributed by atoms with Gasteiger partial charge in [-0.2, -0.15) is 0 Å². The quantitative estimate of drug-likeness (QED) is 0.681. The Bertz CT molecular complexity index is 965. The first-order valence-corrected chi connectivity index (χ1v) is 10.4. The summed E-state index contributed by atoms with van der Waals surface area (Å²) in [7, 11) is 1.38. The predicted molar refractivity (Wildman–Crippen MR) is 113 cm³/mol. The van der Waals surface area contributed by atoms with Gasteiger partial charge in [0.2, 0.25) is 0 Å². The van der Waals surface area contributed by atoms with Gasteiger partial charge in [0.05, 0.1) is 18.2 Å². The highest BCUT2D eigenvalue weighted by Crippen LogP contribution is 2.56. The Morgan fingerprint density at radius 3 is 2.43 bits per heavy atom. The lowest BCUT2D eigenvalue weighted by molar-refractivity contribution is -0.158. The molecule has 0 N–H and O–H groups in total. The van der Waals surface area contributed by atoms with E-state index in [-0.39, 0.29) is 24.0 Å². The first-order chi connectivity index (χ1) is 14.3. The summed E-state index contributed by atoms with van der Waals surface area (Å²) < 4.78 is 17.5. The van der Waals surface area contributed by atoms with Crippen LogP contribution in [0.5, 0.6) is 5.75 Å². The molecular weight excluding hydrogens is 380 g/mol. The van der Waals surface area contributed by atoms with E-state index in [1.165, 1.54) is 7.11 Å². The van der Waals surface area contributed by atoms with Crippen LogP contribution < -0.4 is 4.74 Å². The molecule has 2 aliphatic rings. The van der Waals surface area contributed by atoms with Gasteiger partial charge in [0.25, 0.3) is 0 Å². The smallest absolute Gasteiger partial charge is 0.338 e. The molecule has 0 unspecified atom stereocenters. The van der Waals surface area contributed by atoms with Crippen molar-refractivity contribution in [2.24, 2.45) is 11.3 Å². The van der Waals surface area contributed by atoms with E-state index in [1.807, 2.05) is 30.3 Å². The van der Waals surface area contributed by atoms with Gasteiger partial charge in [-0.25, -0.2) is 9.59 Å². The van der Waals surface area contributed by atoms with Crippen molar-refractivity contribution in [3.63, 3.8) is 0 Å². The van der Waals surface area contributed by atoms with Crippen LogP contribution in [0.3, 0.4) is 0 Å². The van der Waals surface area contributed by atoms with Crippen LogP contribution in [0.15, 0.2) is 48.5 Å². The monoisotopic (exact) mass is 408 g/mol. The third kappa shape index (κ3) is 3.17. The summed E-state index contributed by atoms with van der Waals surface area (Å²) in [4.78, 5) is 24.7. The largest absolute Gasteiger partial charge is 0.486 e. The zero-order valence-electron chi connectivity index (χ0n) is 17.9. The summed E-state index contributed by atoms with van der Waals surface area (Å²) >= 11 is 0. The molecule has 0 aromatic heterocycles. The first kappa shape index (κ1) is 20.5. The first-order valence-electron chi connectivity index (χ1n) is 10.4. The number of hydrogen-bond acceptors (Lipinski definition) is 5. The molecule has 4 rings (SSSR count). The molecule has 1 heterocycles. The third-order valence-corrected chi connectivity index (χ3v) is 7.04. The maximum atomic E-state index is 12.7. The number of ether oxygens (including phenoxy) is 3. The zero-order chi connectivity index (χ0) is 21.5. The van der Waals surface area contributed by atoms with Crippen LogP contribution in [-0.2, 0) is 15.9 Å². The van der Waals surface area contributed by atoms with Crippen molar-refractivity contribution < 1.29 is 23.8 Å². The molecule has 1 spiro atoms. The minimum Gasteiger partial charge on any atom is -0.486 e. The van der Waals surface area contributed by atoms with Crippen molar-refractivity contribution >= 4 is 11.9 Å². The molecule has 1 saturated carbocycles. The maximum Gasteiger partial charge on any atom is 0.338 e. The molecule has 0 radical (unpaired) electrons. The van der Waals surface area contributed by atoms with Gasteiger partial charge in [0.15, 0.2) is 0 Å². The number of fused-ring (bicyclic) bond motifs is 1. The number of esters is 2. The van der Waals surface area contributed by atoms with Gasteiger partial charge < -0.3 is 14.2 Å². The van der Waals surface area contributed by atoms with Gasteiger partial charge in [-0.05, 0) is 54.7 Å². The Morgan fingerprint density at radius 1 is 1.00 bits per heavy atom. The van der Waals surface area contributed by atoms with Crippen LogP contribution >= 0.6 is 0 Å². The standard InChI is InChI=1S/C25H28O5/c1-16-10-13-21(29-23(27)17-8-6-5-7-9-17)24(2,3)25(16)15-19-14-18(22(26)28-4)11-12-20(19)30-25/h5-9,11-12,14,16,21H,10,13,15H2,1-4H3/t16-,21+,25+/m0/s1. The van der Waals surface area contributed by atoms with Crippen LogP contribution in [0.4, 0.5) is 0 Å². The van der Waals surface area contributed by atoms with Gasteiger partial charge in [-0.3, -0.25) is 0 Å².